The molecule has 0 bridgehead atoms. The van der Waals surface area contributed by atoms with Crippen LogP contribution in [0.2, 0.25) is 0 Å². The molecule has 31 heavy (non-hydrogen) atoms. The van der Waals surface area contributed by atoms with Crippen LogP contribution in [0.1, 0.15) is 42.7 Å². The Morgan fingerprint density at radius 3 is 2.68 bits per heavy atom. The van der Waals surface area contributed by atoms with E-state index in [0.29, 0.717) is 42.0 Å². The number of rotatable bonds is 3. The SMILES string of the molecule is Cc1ccc(N2C(=O)CC(c3ccc4c(c3)OCO4)C3=C2CCCC3=O)c([N+](=O)[O-])c1. The highest BCUT2D eigenvalue weighted by Crippen LogP contribution is 2.46. The van der Waals surface area contributed by atoms with Gasteiger partial charge in [0.1, 0.15) is 5.69 Å². The van der Waals surface area contributed by atoms with Gasteiger partial charge in [0.25, 0.3) is 5.69 Å². The Bertz CT molecular complexity index is 1170. The van der Waals surface area contributed by atoms with Crippen molar-refractivity contribution in [3.8, 4) is 11.5 Å². The summed E-state index contributed by atoms with van der Waals surface area (Å²) < 4.78 is 10.8. The fourth-order valence-electron chi connectivity index (χ4n) is 4.66. The number of amides is 1. The molecule has 0 radical (unpaired) electrons. The standard InChI is InChI=1S/C23H20N2O6/c1-13-5-7-16(18(9-13)25(28)29)24-17-3-2-4-19(26)23(17)15(11-22(24)27)14-6-8-20-21(10-14)31-12-30-20/h5-10,15H,2-4,11-12H2,1H3. The van der Waals surface area contributed by atoms with E-state index in [2.05, 4.69) is 0 Å². The lowest BCUT2D eigenvalue weighted by Gasteiger charge is -2.38. The predicted octanol–water partition coefficient (Wildman–Crippen LogP) is 4.16. The van der Waals surface area contributed by atoms with Crippen molar-refractivity contribution in [2.45, 2.75) is 38.5 Å². The molecule has 0 aromatic heterocycles. The first kappa shape index (κ1) is 19.3. The number of Topliss-reactive ketones (excluding diaryl/α,β-unsaturated/α-hetero) is 1. The first-order chi connectivity index (χ1) is 14.9. The highest BCUT2D eigenvalue weighted by atomic mass is 16.7. The van der Waals surface area contributed by atoms with Gasteiger partial charge in [0.2, 0.25) is 12.7 Å². The molecule has 8 nitrogen and oxygen atoms in total. The molecule has 0 spiro atoms. The van der Waals surface area contributed by atoms with Crippen LogP contribution in [0.4, 0.5) is 11.4 Å². The number of fused-ring (bicyclic) bond motifs is 1. The lowest BCUT2D eigenvalue weighted by atomic mass is 9.77. The number of ether oxygens (including phenoxy) is 2. The van der Waals surface area contributed by atoms with Crippen molar-refractivity contribution < 1.29 is 24.0 Å². The van der Waals surface area contributed by atoms with Gasteiger partial charge < -0.3 is 9.47 Å². The number of anilines is 1. The summed E-state index contributed by atoms with van der Waals surface area (Å²) in [7, 11) is 0. The number of hydrogen-bond acceptors (Lipinski definition) is 6. The van der Waals surface area contributed by atoms with Crippen LogP contribution in [0.3, 0.4) is 0 Å². The van der Waals surface area contributed by atoms with E-state index in [1.54, 1.807) is 25.1 Å². The van der Waals surface area contributed by atoms with Crippen molar-refractivity contribution in [3.63, 3.8) is 0 Å². The first-order valence-corrected chi connectivity index (χ1v) is 10.2. The van der Waals surface area contributed by atoms with Gasteiger partial charge in [-0.25, -0.2) is 0 Å². The molecule has 8 heteroatoms. The second-order valence-corrected chi connectivity index (χ2v) is 7.98. The Kier molecular flexibility index (Phi) is 4.50. The molecule has 1 aliphatic carbocycles. The Morgan fingerprint density at radius 1 is 1.06 bits per heavy atom. The van der Waals surface area contributed by atoms with Crippen LogP contribution in [0.5, 0.6) is 11.5 Å². The van der Waals surface area contributed by atoms with Crippen molar-refractivity contribution >= 4 is 23.1 Å². The van der Waals surface area contributed by atoms with Crippen molar-refractivity contribution in [3.05, 3.63) is 68.9 Å². The van der Waals surface area contributed by atoms with E-state index in [9.17, 15) is 19.7 Å². The molecular formula is C23H20N2O6. The molecule has 2 aliphatic heterocycles. The Hall–Kier alpha value is -3.68. The summed E-state index contributed by atoms with van der Waals surface area (Å²) in [6.45, 7) is 1.90. The molecule has 2 heterocycles. The number of ketones is 1. The molecule has 2 aromatic carbocycles. The van der Waals surface area contributed by atoms with Gasteiger partial charge in [-0.1, -0.05) is 12.1 Å². The van der Waals surface area contributed by atoms with E-state index in [0.717, 1.165) is 11.1 Å². The van der Waals surface area contributed by atoms with Gasteiger partial charge in [0, 0.05) is 36.1 Å². The van der Waals surface area contributed by atoms with Crippen LogP contribution in [0, 0.1) is 17.0 Å². The van der Waals surface area contributed by atoms with Gasteiger partial charge in [-0.3, -0.25) is 24.6 Å². The average Bonchev–Trinajstić information content (AvgIpc) is 3.21. The quantitative estimate of drug-likeness (QED) is 0.546. The van der Waals surface area contributed by atoms with Gasteiger partial charge in [0.05, 0.1) is 4.92 Å². The summed E-state index contributed by atoms with van der Waals surface area (Å²) in [5.41, 5.74) is 2.75. The molecule has 158 valence electrons. The summed E-state index contributed by atoms with van der Waals surface area (Å²) in [5.74, 6) is 0.531. The molecule has 0 saturated heterocycles. The van der Waals surface area contributed by atoms with Crippen molar-refractivity contribution in [1.82, 2.24) is 0 Å². The van der Waals surface area contributed by atoms with E-state index in [-0.39, 0.29) is 36.3 Å². The number of aryl methyl sites for hydroxylation is 1. The number of benzene rings is 2. The monoisotopic (exact) mass is 420 g/mol. The predicted molar refractivity (Wildman–Crippen MR) is 111 cm³/mol. The zero-order valence-electron chi connectivity index (χ0n) is 16.9. The maximum atomic E-state index is 13.3. The Morgan fingerprint density at radius 2 is 1.87 bits per heavy atom. The minimum Gasteiger partial charge on any atom is -0.454 e. The lowest BCUT2D eigenvalue weighted by Crippen LogP contribution is -2.40. The Labute approximate surface area is 178 Å². The number of carbonyl (C=O) groups excluding carboxylic acids is 2. The number of allylic oxidation sites excluding steroid dienone is 2. The van der Waals surface area contributed by atoms with Crippen LogP contribution < -0.4 is 14.4 Å². The molecule has 1 unspecified atom stereocenters. The van der Waals surface area contributed by atoms with Crippen LogP contribution in [0.15, 0.2) is 47.7 Å². The van der Waals surface area contributed by atoms with Gasteiger partial charge in [0.15, 0.2) is 17.3 Å². The topological polar surface area (TPSA) is 99.0 Å². The third-order valence-corrected chi connectivity index (χ3v) is 6.04. The van der Waals surface area contributed by atoms with E-state index >= 15 is 0 Å². The molecular weight excluding hydrogens is 400 g/mol. The number of carbonyl (C=O) groups is 2. The summed E-state index contributed by atoms with van der Waals surface area (Å²) >= 11 is 0. The number of nitro benzene ring substituents is 1. The second kappa shape index (κ2) is 7.23. The highest BCUT2D eigenvalue weighted by Gasteiger charge is 2.41. The van der Waals surface area contributed by atoms with Crippen LogP contribution >= 0.6 is 0 Å². The van der Waals surface area contributed by atoms with E-state index in [4.69, 9.17) is 9.47 Å². The normalized spacial score (nSPS) is 20.2. The van der Waals surface area contributed by atoms with E-state index < -0.39 is 10.8 Å². The molecule has 5 rings (SSSR count). The van der Waals surface area contributed by atoms with Gasteiger partial charge in [-0.2, -0.15) is 0 Å². The van der Waals surface area contributed by atoms with Gasteiger partial charge >= 0.3 is 0 Å². The minimum atomic E-state index is -0.482. The summed E-state index contributed by atoms with van der Waals surface area (Å²) in [6, 6.07) is 10.2. The number of hydrogen-bond donors (Lipinski definition) is 0. The molecule has 1 atom stereocenters. The van der Waals surface area contributed by atoms with Crippen LogP contribution in [-0.2, 0) is 9.59 Å². The van der Waals surface area contributed by atoms with Crippen molar-refractivity contribution in [2.75, 3.05) is 11.7 Å². The minimum absolute atomic E-state index is 0.0174. The fourth-order valence-corrected chi connectivity index (χ4v) is 4.66. The van der Waals surface area contributed by atoms with Crippen LogP contribution in [0.25, 0.3) is 0 Å². The number of nitrogens with zero attached hydrogens (tertiary/aromatic N) is 2. The van der Waals surface area contributed by atoms with Gasteiger partial charge in [-0.05, 0) is 49.1 Å². The molecule has 2 aromatic rings. The van der Waals surface area contributed by atoms with Crippen molar-refractivity contribution in [1.29, 1.82) is 0 Å². The van der Waals surface area contributed by atoms with E-state index in [1.165, 1.54) is 11.0 Å². The molecule has 0 N–H and O–H groups in total. The maximum absolute atomic E-state index is 13.3. The Balaban J connectivity index is 1.66. The summed E-state index contributed by atoms with van der Waals surface area (Å²) in [5, 5.41) is 11.7. The average molecular weight is 420 g/mol. The lowest BCUT2D eigenvalue weighted by molar-refractivity contribution is -0.384. The fraction of sp³-hybridized carbons (Fsp3) is 0.304. The molecule has 3 aliphatic rings. The highest BCUT2D eigenvalue weighted by molar-refractivity contribution is 6.08. The maximum Gasteiger partial charge on any atom is 0.293 e. The van der Waals surface area contributed by atoms with Crippen molar-refractivity contribution in [2.24, 2.45) is 0 Å². The number of nitro groups is 1. The molecule has 0 saturated carbocycles. The van der Waals surface area contributed by atoms with Crippen LogP contribution in [-0.4, -0.2) is 23.4 Å². The smallest absolute Gasteiger partial charge is 0.293 e. The van der Waals surface area contributed by atoms with E-state index in [1.807, 2.05) is 12.1 Å². The zero-order valence-corrected chi connectivity index (χ0v) is 16.9. The zero-order chi connectivity index (χ0) is 21.7. The summed E-state index contributed by atoms with van der Waals surface area (Å²) in [4.78, 5) is 39.0. The third kappa shape index (κ3) is 3.15. The third-order valence-electron chi connectivity index (χ3n) is 6.04. The first-order valence-electron chi connectivity index (χ1n) is 10.2. The largest absolute Gasteiger partial charge is 0.454 e. The summed E-state index contributed by atoms with van der Waals surface area (Å²) in [6.07, 6.45) is 1.57. The second-order valence-electron chi connectivity index (χ2n) is 7.98. The van der Waals surface area contributed by atoms with Gasteiger partial charge in [-0.15, -0.1) is 0 Å². The molecule has 0 fully saturated rings. The molecule has 1 amide bonds.